The molecule has 41 heavy (non-hydrogen) atoms. The smallest absolute Gasteiger partial charge is 0.319 e. The van der Waals surface area contributed by atoms with E-state index in [0.29, 0.717) is 44.4 Å². The molecule has 13 heteroatoms. The molecule has 0 saturated carbocycles. The SMILES string of the molecule is C#CCCCCNC(=O)Nc1ccc(S[C@@H]2O[C@H](CCP(OCC)OCC)[C@@H](O)[C@H](OC(C)=O)[C@@H]2OC(C)=O)cc1. The highest BCUT2D eigenvalue weighted by Crippen LogP contribution is 2.42. The van der Waals surface area contributed by atoms with Crippen molar-refractivity contribution in [3.63, 3.8) is 0 Å². The Bertz CT molecular complexity index is 1000. The fraction of sp³-hybridized carbons (Fsp3) is 0.607. The number of nitrogens with one attached hydrogen (secondary N) is 2. The molecule has 0 radical (unpaired) electrons. The first-order valence-electron chi connectivity index (χ1n) is 13.6. The molecule has 2 amide bonds. The van der Waals surface area contributed by atoms with E-state index in [0.717, 1.165) is 17.7 Å². The Kier molecular flexibility index (Phi) is 16.1. The number of urea groups is 1. The number of thioether (sulfide) groups is 1. The van der Waals surface area contributed by atoms with Crippen molar-refractivity contribution in [2.24, 2.45) is 0 Å². The Morgan fingerprint density at radius 3 is 2.27 bits per heavy atom. The summed E-state index contributed by atoms with van der Waals surface area (Å²) in [6.45, 7) is 7.72. The Morgan fingerprint density at radius 2 is 1.68 bits per heavy atom. The van der Waals surface area contributed by atoms with E-state index in [-0.39, 0.29) is 6.03 Å². The maximum absolute atomic E-state index is 12.2. The zero-order chi connectivity index (χ0) is 30.2. The number of carbonyl (C=O) groups is 3. The number of amides is 2. The molecule has 1 heterocycles. The molecule has 3 N–H and O–H groups in total. The molecular weight excluding hydrogens is 571 g/mol. The van der Waals surface area contributed by atoms with Crippen molar-refractivity contribution in [3.8, 4) is 12.3 Å². The third-order valence-electron chi connectivity index (χ3n) is 5.76. The lowest BCUT2D eigenvalue weighted by Crippen LogP contribution is -2.59. The molecule has 0 aromatic heterocycles. The van der Waals surface area contributed by atoms with Gasteiger partial charge >= 0.3 is 18.0 Å². The summed E-state index contributed by atoms with van der Waals surface area (Å²) in [5, 5.41) is 16.7. The molecule has 1 aromatic carbocycles. The van der Waals surface area contributed by atoms with Gasteiger partial charge in [0.1, 0.15) is 11.5 Å². The van der Waals surface area contributed by atoms with E-state index in [9.17, 15) is 19.5 Å². The predicted octanol–water partition coefficient (Wildman–Crippen LogP) is 4.43. The average molecular weight is 613 g/mol. The highest BCUT2D eigenvalue weighted by molar-refractivity contribution is 7.99. The van der Waals surface area contributed by atoms with Crippen molar-refractivity contribution in [1.82, 2.24) is 5.32 Å². The number of ether oxygens (including phenoxy) is 3. The van der Waals surface area contributed by atoms with E-state index in [1.54, 1.807) is 24.3 Å². The van der Waals surface area contributed by atoms with Gasteiger partial charge in [0.05, 0.1) is 19.3 Å². The lowest BCUT2D eigenvalue weighted by molar-refractivity contribution is -0.224. The molecule has 5 atom stereocenters. The van der Waals surface area contributed by atoms with Gasteiger partial charge in [-0.3, -0.25) is 9.59 Å². The zero-order valence-electron chi connectivity index (χ0n) is 24.0. The van der Waals surface area contributed by atoms with Crippen molar-refractivity contribution < 1.29 is 42.7 Å². The van der Waals surface area contributed by atoms with Gasteiger partial charge in [0.2, 0.25) is 0 Å². The van der Waals surface area contributed by atoms with Crippen LogP contribution in [0.4, 0.5) is 10.5 Å². The molecule has 1 fully saturated rings. The molecule has 2 rings (SSSR count). The van der Waals surface area contributed by atoms with Crippen LogP contribution in [0.5, 0.6) is 0 Å². The van der Waals surface area contributed by atoms with Crippen LogP contribution >= 0.6 is 20.1 Å². The number of rotatable bonds is 16. The van der Waals surface area contributed by atoms with Crippen molar-refractivity contribution in [1.29, 1.82) is 0 Å². The van der Waals surface area contributed by atoms with Crippen molar-refractivity contribution in [2.45, 2.75) is 88.1 Å². The number of esters is 2. The summed E-state index contributed by atoms with van der Waals surface area (Å²) in [4.78, 5) is 36.8. The lowest BCUT2D eigenvalue weighted by Gasteiger charge is -2.43. The van der Waals surface area contributed by atoms with Crippen LogP contribution in [0.15, 0.2) is 29.2 Å². The first-order chi connectivity index (χ1) is 19.7. The van der Waals surface area contributed by atoms with Gasteiger partial charge in [0, 0.05) is 43.6 Å². The highest BCUT2D eigenvalue weighted by atomic mass is 32.2. The van der Waals surface area contributed by atoms with E-state index >= 15 is 0 Å². The molecule has 0 bridgehead atoms. The molecule has 0 spiro atoms. The van der Waals surface area contributed by atoms with Crippen molar-refractivity contribution in [3.05, 3.63) is 24.3 Å². The fourth-order valence-electron chi connectivity index (χ4n) is 4.03. The number of hydrogen-bond donors (Lipinski definition) is 3. The first kappa shape index (κ1) is 34.8. The summed E-state index contributed by atoms with van der Waals surface area (Å²) in [6, 6.07) is 6.71. The topological polar surface area (TPSA) is 142 Å². The number of terminal acetylenes is 1. The van der Waals surface area contributed by atoms with Gasteiger partial charge in [-0.2, -0.15) is 0 Å². The first-order valence-corrected chi connectivity index (χ1v) is 15.9. The van der Waals surface area contributed by atoms with Gasteiger partial charge in [-0.1, -0.05) is 11.8 Å². The number of carbonyl (C=O) groups excluding carboxylic acids is 3. The molecule has 0 unspecified atom stereocenters. The number of hydrogen-bond acceptors (Lipinski definition) is 10. The largest absolute Gasteiger partial charge is 0.456 e. The number of anilines is 1. The number of aliphatic hydroxyl groups is 1. The van der Waals surface area contributed by atoms with E-state index in [4.69, 9.17) is 29.7 Å². The van der Waals surface area contributed by atoms with Crippen molar-refractivity contribution >= 4 is 43.8 Å². The standard InChI is InChI=1S/C28H41N2O9PS/c1-6-9-10-11-17-29-28(34)30-21-12-14-22(15-13-21)41-27-26(38-20(5)32)25(37-19(4)31)24(33)23(39-27)16-18-40(35-7-2)36-8-3/h1,12-15,23-27,33H,7-11,16-18H2,2-5H3,(H2,29,30,34)/t23-,24-,25+,26+,27+/m1/s1. The van der Waals surface area contributed by atoms with Crippen LogP contribution in [0.25, 0.3) is 0 Å². The van der Waals surface area contributed by atoms with Crippen LogP contribution in [-0.2, 0) is 32.8 Å². The molecule has 1 aliphatic rings. The van der Waals surface area contributed by atoms with Crippen LogP contribution in [0.3, 0.4) is 0 Å². The summed E-state index contributed by atoms with van der Waals surface area (Å²) >= 11 is 1.25. The van der Waals surface area contributed by atoms with Crippen LogP contribution in [0, 0.1) is 12.3 Å². The Morgan fingerprint density at radius 1 is 1.05 bits per heavy atom. The third-order valence-corrected chi connectivity index (χ3v) is 8.63. The Balaban J connectivity index is 2.14. The molecule has 1 aromatic rings. The van der Waals surface area contributed by atoms with Gasteiger partial charge in [0.15, 0.2) is 20.6 Å². The predicted molar refractivity (Wildman–Crippen MR) is 157 cm³/mol. The molecule has 228 valence electrons. The minimum Gasteiger partial charge on any atom is -0.456 e. The summed E-state index contributed by atoms with van der Waals surface area (Å²) in [5.41, 5.74) is -0.213. The molecule has 1 saturated heterocycles. The summed E-state index contributed by atoms with van der Waals surface area (Å²) < 4.78 is 28.6. The average Bonchev–Trinajstić information content (AvgIpc) is 2.92. The number of unbranched alkanes of at least 4 members (excludes halogenated alkanes) is 2. The van der Waals surface area contributed by atoms with E-state index in [2.05, 4.69) is 16.6 Å². The zero-order valence-corrected chi connectivity index (χ0v) is 25.7. The quantitative estimate of drug-likeness (QED) is 0.106. The molecule has 1 aliphatic heterocycles. The fourth-order valence-corrected chi connectivity index (χ4v) is 6.51. The maximum atomic E-state index is 12.2. The number of aliphatic hydroxyl groups excluding tert-OH is 1. The van der Waals surface area contributed by atoms with Crippen molar-refractivity contribution in [2.75, 3.05) is 31.2 Å². The van der Waals surface area contributed by atoms with Crippen LogP contribution in [0.1, 0.15) is 53.4 Å². The summed E-state index contributed by atoms with van der Waals surface area (Å²) in [5.74, 6) is 1.35. The van der Waals surface area contributed by atoms with E-state index in [1.165, 1.54) is 25.6 Å². The molecule has 0 aliphatic carbocycles. The number of benzene rings is 1. The van der Waals surface area contributed by atoms with E-state index < -0.39 is 50.2 Å². The molecule has 11 nitrogen and oxygen atoms in total. The molecular formula is C28H41N2O9PS. The highest BCUT2D eigenvalue weighted by Gasteiger charge is 2.49. The minimum absolute atomic E-state index is 0.322. The minimum atomic E-state index is -1.24. The van der Waals surface area contributed by atoms with Crippen LogP contribution in [0.2, 0.25) is 0 Å². The second-order valence-electron chi connectivity index (χ2n) is 9.05. The summed E-state index contributed by atoms with van der Waals surface area (Å²) in [7, 11) is -1.18. The van der Waals surface area contributed by atoms with Crippen LogP contribution in [-0.4, -0.2) is 78.8 Å². The second-order valence-corrected chi connectivity index (χ2v) is 11.8. The monoisotopic (exact) mass is 612 g/mol. The van der Waals surface area contributed by atoms with Crippen LogP contribution < -0.4 is 10.6 Å². The lowest BCUT2D eigenvalue weighted by atomic mass is 9.97. The maximum Gasteiger partial charge on any atom is 0.319 e. The third kappa shape index (κ3) is 12.6. The second kappa shape index (κ2) is 18.9. The Hall–Kier alpha value is -2.39. The van der Waals surface area contributed by atoms with Gasteiger partial charge < -0.3 is 39.0 Å². The van der Waals surface area contributed by atoms with Gasteiger partial charge in [-0.05, 0) is 57.4 Å². The van der Waals surface area contributed by atoms with Gasteiger partial charge in [0.25, 0.3) is 0 Å². The Labute approximate surface area is 247 Å². The normalized spacial score (nSPS) is 22.0. The summed E-state index contributed by atoms with van der Waals surface area (Å²) in [6.07, 6.45) is 4.24. The van der Waals surface area contributed by atoms with Gasteiger partial charge in [-0.25, -0.2) is 4.79 Å². The van der Waals surface area contributed by atoms with Gasteiger partial charge in [-0.15, -0.1) is 12.3 Å². The van der Waals surface area contributed by atoms with E-state index in [1.807, 2.05) is 13.8 Å².